The molecule has 0 atom stereocenters. The van der Waals surface area contributed by atoms with Crippen LogP contribution in [-0.4, -0.2) is 17.4 Å². The van der Waals surface area contributed by atoms with E-state index in [1.165, 1.54) is 11.3 Å². The molecule has 2 heterocycles. The Morgan fingerprint density at radius 3 is 2.84 bits per heavy atom. The van der Waals surface area contributed by atoms with Crippen LogP contribution in [0.5, 0.6) is 0 Å². The molecule has 5 heteroatoms. The highest BCUT2D eigenvalue weighted by Crippen LogP contribution is 2.28. The fourth-order valence-corrected chi connectivity index (χ4v) is 3.17. The quantitative estimate of drug-likeness (QED) is 0.924. The van der Waals surface area contributed by atoms with E-state index in [9.17, 15) is 4.79 Å². The molecule has 2 rings (SSSR count). The van der Waals surface area contributed by atoms with Crippen LogP contribution in [0.1, 0.15) is 36.9 Å². The Kier molecular flexibility index (Phi) is 4.37. The minimum Gasteiger partial charge on any atom is -0.351 e. The smallest absolute Gasteiger partial charge is 0.263 e. The number of aromatic nitrogens is 1. The number of nitrogens with one attached hydrogen (secondary N) is 1. The van der Waals surface area contributed by atoms with Gasteiger partial charge in [-0.25, -0.2) is 4.98 Å². The molecule has 0 spiro atoms. The van der Waals surface area contributed by atoms with E-state index < -0.39 is 0 Å². The van der Waals surface area contributed by atoms with E-state index in [-0.39, 0.29) is 11.3 Å². The lowest BCUT2D eigenvalue weighted by Gasteiger charge is -2.17. The summed E-state index contributed by atoms with van der Waals surface area (Å²) in [6.07, 6.45) is 2.63. The molecule has 0 aliphatic heterocycles. The molecule has 1 N–H and O–H groups in total. The number of rotatable bonds is 4. The van der Waals surface area contributed by atoms with Crippen molar-refractivity contribution in [2.24, 2.45) is 5.41 Å². The van der Waals surface area contributed by atoms with E-state index in [1.54, 1.807) is 17.5 Å². The van der Waals surface area contributed by atoms with Gasteiger partial charge in [0.2, 0.25) is 0 Å². The lowest BCUT2D eigenvalue weighted by atomic mass is 9.92. The fraction of sp³-hybridized carbons (Fsp3) is 0.429. The standard InChI is InChI=1S/C14H18N2OS2/c1-14(2,3)6-7-15-12(17)11-9-16-13(19-11)10-5-4-8-18-10/h4-5,8-9H,6-7H2,1-3H3,(H,15,17). The molecular weight excluding hydrogens is 276 g/mol. The molecule has 0 saturated carbocycles. The lowest BCUT2D eigenvalue weighted by Crippen LogP contribution is -2.26. The van der Waals surface area contributed by atoms with Gasteiger partial charge in [-0.05, 0) is 23.3 Å². The number of carbonyl (C=O) groups excluding carboxylic acids is 1. The number of thiazole rings is 1. The normalized spacial score (nSPS) is 11.5. The largest absolute Gasteiger partial charge is 0.351 e. The molecule has 0 aliphatic rings. The van der Waals surface area contributed by atoms with Gasteiger partial charge in [-0.2, -0.15) is 0 Å². The summed E-state index contributed by atoms with van der Waals surface area (Å²) in [7, 11) is 0. The monoisotopic (exact) mass is 294 g/mol. The van der Waals surface area contributed by atoms with Crippen molar-refractivity contribution < 1.29 is 4.79 Å². The average Bonchev–Trinajstić information content (AvgIpc) is 2.98. The molecule has 1 amide bonds. The maximum absolute atomic E-state index is 12.0. The second-order valence-electron chi connectivity index (χ2n) is 5.57. The highest BCUT2D eigenvalue weighted by atomic mass is 32.1. The average molecular weight is 294 g/mol. The van der Waals surface area contributed by atoms with Crippen LogP contribution in [0.3, 0.4) is 0 Å². The first-order chi connectivity index (χ1) is 8.96. The first-order valence-electron chi connectivity index (χ1n) is 6.24. The number of amides is 1. The molecule has 0 unspecified atom stereocenters. The van der Waals surface area contributed by atoms with Gasteiger partial charge in [-0.15, -0.1) is 22.7 Å². The van der Waals surface area contributed by atoms with Gasteiger partial charge < -0.3 is 5.32 Å². The van der Waals surface area contributed by atoms with Gasteiger partial charge in [0.15, 0.2) is 0 Å². The van der Waals surface area contributed by atoms with Crippen LogP contribution in [0.2, 0.25) is 0 Å². The summed E-state index contributed by atoms with van der Waals surface area (Å²) in [5.74, 6) is -0.0236. The van der Waals surface area contributed by atoms with Crippen molar-refractivity contribution in [1.29, 1.82) is 0 Å². The summed E-state index contributed by atoms with van der Waals surface area (Å²) in [6, 6.07) is 4.01. The Morgan fingerprint density at radius 2 is 2.21 bits per heavy atom. The van der Waals surface area contributed by atoms with Crippen molar-refractivity contribution in [3.8, 4) is 9.88 Å². The van der Waals surface area contributed by atoms with Crippen LogP contribution in [0.25, 0.3) is 9.88 Å². The zero-order chi connectivity index (χ0) is 13.9. The highest BCUT2D eigenvalue weighted by molar-refractivity contribution is 7.21. The zero-order valence-electron chi connectivity index (χ0n) is 11.4. The Hall–Kier alpha value is -1.20. The van der Waals surface area contributed by atoms with Gasteiger partial charge in [0.05, 0.1) is 11.1 Å². The SMILES string of the molecule is CC(C)(C)CCNC(=O)c1cnc(-c2cccs2)s1. The van der Waals surface area contributed by atoms with Crippen molar-refractivity contribution in [3.63, 3.8) is 0 Å². The minimum absolute atomic E-state index is 0.0236. The summed E-state index contributed by atoms with van der Waals surface area (Å²) < 4.78 is 0. The predicted octanol–water partition coefficient (Wildman–Crippen LogP) is 4.04. The molecule has 0 saturated heterocycles. The molecule has 3 nitrogen and oxygen atoms in total. The predicted molar refractivity (Wildman–Crippen MR) is 81.8 cm³/mol. The van der Waals surface area contributed by atoms with Gasteiger partial charge in [0.25, 0.3) is 5.91 Å². The topological polar surface area (TPSA) is 42.0 Å². The van der Waals surface area contributed by atoms with E-state index in [1.807, 2.05) is 17.5 Å². The molecule has 0 bridgehead atoms. The van der Waals surface area contributed by atoms with Crippen LogP contribution >= 0.6 is 22.7 Å². The molecule has 2 aromatic rings. The van der Waals surface area contributed by atoms with Gasteiger partial charge in [-0.3, -0.25) is 4.79 Å². The third kappa shape index (κ3) is 4.14. The number of nitrogens with zero attached hydrogens (tertiary/aromatic N) is 1. The molecule has 0 fully saturated rings. The van der Waals surface area contributed by atoms with Crippen LogP contribution in [-0.2, 0) is 0 Å². The van der Waals surface area contributed by atoms with E-state index in [0.717, 1.165) is 16.3 Å². The van der Waals surface area contributed by atoms with Crippen LogP contribution in [0.15, 0.2) is 23.7 Å². The molecule has 0 radical (unpaired) electrons. The van der Waals surface area contributed by atoms with Crippen molar-refractivity contribution >= 4 is 28.6 Å². The van der Waals surface area contributed by atoms with Gasteiger partial charge in [-0.1, -0.05) is 26.8 Å². The Bertz CT molecular complexity index is 538. The van der Waals surface area contributed by atoms with Crippen molar-refractivity contribution in [1.82, 2.24) is 10.3 Å². The minimum atomic E-state index is -0.0236. The maximum atomic E-state index is 12.0. The summed E-state index contributed by atoms with van der Waals surface area (Å²) in [6.45, 7) is 7.21. The third-order valence-electron chi connectivity index (χ3n) is 2.62. The number of carbonyl (C=O) groups is 1. The van der Waals surface area contributed by atoms with E-state index >= 15 is 0 Å². The summed E-state index contributed by atoms with van der Waals surface area (Å²) in [5, 5.41) is 5.88. The molecule has 19 heavy (non-hydrogen) atoms. The second kappa shape index (κ2) is 5.84. The van der Waals surface area contributed by atoms with Crippen LogP contribution in [0, 0.1) is 5.41 Å². The molecular formula is C14H18N2OS2. The third-order valence-corrected chi connectivity index (χ3v) is 4.66. The Balaban J connectivity index is 1.93. The number of hydrogen-bond donors (Lipinski definition) is 1. The maximum Gasteiger partial charge on any atom is 0.263 e. The van der Waals surface area contributed by atoms with Gasteiger partial charge >= 0.3 is 0 Å². The zero-order valence-corrected chi connectivity index (χ0v) is 13.0. The molecule has 102 valence electrons. The van der Waals surface area contributed by atoms with Crippen molar-refractivity contribution in [2.45, 2.75) is 27.2 Å². The summed E-state index contributed by atoms with van der Waals surface area (Å²) in [4.78, 5) is 18.1. The first-order valence-corrected chi connectivity index (χ1v) is 7.93. The number of hydrogen-bond acceptors (Lipinski definition) is 4. The second-order valence-corrected chi connectivity index (χ2v) is 7.55. The van der Waals surface area contributed by atoms with Crippen molar-refractivity contribution in [2.75, 3.05) is 6.54 Å². The molecule has 0 aromatic carbocycles. The molecule has 0 aliphatic carbocycles. The summed E-state index contributed by atoms with van der Waals surface area (Å²) >= 11 is 3.08. The van der Waals surface area contributed by atoms with Gasteiger partial charge in [0.1, 0.15) is 9.88 Å². The fourth-order valence-electron chi connectivity index (χ4n) is 1.53. The Labute approximate surface area is 121 Å². The first kappa shape index (κ1) is 14.2. The van der Waals surface area contributed by atoms with Crippen LogP contribution in [0.4, 0.5) is 0 Å². The summed E-state index contributed by atoms with van der Waals surface area (Å²) in [5.41, 5.74) is 0.239. The number of thiophene rings is 1. The van der Waals surface area contributed by atoms with E-state index in [4.69, 9.17) is 0 Å². The lowest BCUT2D eigenvalue weighted by molar-refractivity contribution is 0.0953. The van der Waals surface area contributed by atoms with E-state index in [2.05, 4.69) is 31.1 Å². The Morgan fingerprint density at radius 1 is 1.42 bits per heavy atom. The van der Waals surface area contributed by atoms with E-state index in [0.29, 0.717) is 11.4 Å². The van der Waals surface area contributed by atoms with Crippen molar-refractivity contribution in [3.05, 3.63) is 28.6 Å². The molecule has 2 aromatic heterocycles. The van der Waals surface area contributed by atoms with Gasteiger partial charge in [0, 0.05) is 6.54 Å². The van der Waals surface area contributed by atoms with Crippen LogP contribution < -0.4 is 5.32 Å². The highest BCUT2D eigenvalue weighted by Gasteiger charge is 2.14.